The highest BCUT2D eigenvalue weighted by Gasteiger charge is 2.53. The van der Waals surface area contributed by atoms with Crippen molar-refractivity contribution >= 4 is 5.97 Å². The third-order valence-corrected chi connectivity index (χ3v) is 4.88. The summed E-state index contributed by atoms with van der Waals surface area (Å²) >= 11 is 0. The molecule has 1 aromatic heterocycles. The lowest BCUT2D eigenvalue weighted by molar-refractivity contribution is -0.157. The van der Waals surface area contributed by atoms with E-state index in [0.29, 0.717) is 26.2 Å². The second-order valence-corrected chi connectivity index (χ2v) is 6.16. The quantitative estimate of drug-likeness (QED) is 0.912. The molecule has 0 unspecified atom stereocenters. The van der Waals surface area contributed by atoms with Gasteiger partial charge in [-0.15, -0.1) is 0 Å². The molecule has 0 radical (unpaired) electrons. The summed E-state index contributed by atoms with van der Waals surface area (Å²) in [7, 11) is 0. The SMILES string of the molecule is CCc1ccc(CN2C[C@@H]3COCC[C@]3(C(=O)O)C2)nc1. The standard InChI is InChI=1S/C16H22N2O3/c1-2-12-3-4-14(17-7-12)9-18-8-13-10-21-6-5-16(13,11-18)15(19)20/h3-4,7,13H,2,5-6,8-11H2,1H3,(H,19,20)/t13-,16+/m1/s1. The topological polar surface area (TPSA) is 62.7 Å². The smallest absolute Gasteiger partial charge is 0.311 e. The molecule has 0 aromatic carbocycles. The number of pyridine rings is 1. The molecule has 3 heterocycles. The summed E-state index contributed by atoms with van der Waals surface area (Å²) in [6.07, 6.45) is 3.51. The van der Waals surface area contributed by atoms with Crippen LogP contribution in [-0.2, 0) is 22.5 Å². The molecule has 0 saturated carbocycles. The van der Waals surface area contributed by atoms with Crippen LogP contribution in [0.5, 0.6) is 0 Å². The molecular formula is C16H22N2O3. The predicted molar refractivity (Wildman–Crippen MR) is 77.9 cm³/mol. The first-order valence-electron chi connectivity index (χ1n) is 7.61. The molecule has 2 aliphatic rings. The lowest BCUT2D eigenvalue weighted by Gasteiger charge is -2.34. The summed E-state index contributed by atoms with van der Waals surface area (Å²) < 4.78 is 5.48. The molecule has 0 amide bonds. The number of aryl methyl sites for hydroxylation is 1. The number of carboxylic acids is 1. The zero-order chi connectivity index (χ0) is 14.9. The van der Waals surface area contributed by atoms with Gasteiger partial charge in [0.05, 0.1) is 17.7 Å². The number of carbonyl (C=O) groups is 1. The fraction of sp³-hybridized carbons (Fsp3) is 0.625. The Hall–Kier alpha value is -1.46. The van der Waals surface area contributed by atoms with Crippen molar-refractivity contribution in [1.82, 2.24) is 9.88 Å². The Morgan fingerprint density at radius 2 is 2.43 bits per heavy atom. The van der Waals surface area contributed by atoms with Gasteiger partial charge in [0.1, 0.15) is 0 Å². The zero-order valence-electron chi connectivity index (χ0n) is 12.4. The number of carboxylic acid groups (broad SMARTS) is 1. The largest absolute Gasteiger partial charge is 0.481 e. The lowest BCUT2D eigenvalue weighted by atomic mass is 9.74. The maximum Gasteiger partial charge on any atom is 0.311 e. The molecule has 1 aromatic rings. The zero-order valence-corrected chi connectivity index (χ0v) is 12.4. The monoisotopic (exact) mass is 290 g/mol. The van der Waals surface area contributed by atoms with Crippen molar-refractivity contribution in [2.45, 2.75) is 26.3 Å². The van der Waals surface area contributed by atoms with Crippen molar-refractivity contribution in [2.75, 3.05) is 26.3 Å². The van der Waals surface area contributed by atoms with E-state index in [9.17, 15) is 9.90 Å². The number of ether oxygens (including phenoxy) is 1. The molecule has 21 heavy (non-hydrogen) atoms. The minimum absolute atomic E-state index is 0.0960. The second-order valence-electron chi connectivity index (χ2n) is 6.16. The maximum atomic E-state index is 11.7. The van der Waals surface area contributed by atoms with Gasteiger partial charge in [0, 0.05) is 38.4 Å². The summed E-state index contributed by atoms with van der Waals surface area (Å²) in [5.74, 6) is -0.578. The fourth-order valence-corrected chi connectivity index (χ4v) is 3.51. The number of hydrogen-bond acceptors (Lipinski definition) is 4. The molecule has 5 heteroatoms. The molecule has 2 aliphatic heterocycles. The van der Waals surface area contributed by atoms with Crippen LogP contribution >= 0.6 is 0 Å². The maximum absolute atomic E-state index is 11.7. The van der Waals surface area contributed by atoms with Crippen LogP contribution in [0, 0.1) is 11.3 Å². The minimum atomic E-state index is -0.674. The van der Waals surface area contributed by atoms with E-state index in [1.807, 2.05) is 12.3 Å². The van der Waals surface area contributed by atoms with Gasteiger partial charge in [0.2, 0.25) is 0 Å². The van der Waals surface area contributed by atoms with E-state index in [1.54, 1.807) is 0 Å². The first kappa shape index (κ1) is 14.5. The average Bonchev–Trinajstić information content (AvgIpc) is 2.87. The summed E-state index contributed by atoms with van der Waals surface area (Å²) in [6, 6.07) is 4.15. The van der Waals surface area contributed by atoms with Gasteiger partial charge >= 0.3 is 5.97 Å². The van der Waals surface area contributed by atoms with Crippen LogP contribution < -0.4 is 0 Å². The molecule has 2 atom stereocenters. The van der Waals surface area contributed by atoms with Crippen LogP contribution in [0.15, 0.2) is 18.3 Å². The number of hydrogen-bond donors (Lipinski definition) is 1. The molecule has 1 N–H and O–H groups in total. The predicted octanol–water partition coefficient (Wildman–Crippen LogP) is 1.57. The number of aliphatic carboxylic acids is 1. The molecular weight excluding hydrogens is 268 g/mol. The van der Waals surface area contributed by atoms with Crippen molar-refractivity contribution in [3.63, 3.8) is 0 Å². The first-order valence-corrected chi connectivity index (χ1v) is 7.61. The van der Waals surface area contributed by atoms with E-state index >= 15 is 0 Å². The van der Waals surface area contributed by atoms with E-state index in [-0.39, 0.29) is 5.92 Å². The molecule has 0 aliphatic carbocycles. The Bertz CT molecular complexity index is 517. The summed E-state index contributed by atoms with van der Waals surface area (Å²) in [6.45, 7) is 5.33. The molecule has 114 valence electrons. The molecule has 0 bridgehead atoms. The van der Waals surface area contributed by atoms with Crippen molar-refractivity contribution in [3.05, 3.63) is 29.6 Å². The van der Waals surface area contributed by atoms with Crippen LogP contribution in [0.1, 0.15) is 24.6 Å². The Morgan fingerprint density at radius 3 is 3.05 bits per heavy atom. The van der Waals surface area contributed by atoms with Gasteiger partial charge in [0.25, 0.3) is 0 Å². The van der Waals surface area contributed by atoms with Gasteiger partial charge in [-0.1, -0.05) is 13.0 Å². The Morgan fingerprint density at radius 1 is 1.57 bits per heavy atom. The number of aromatic nitrogens is 1. The van der Waals surface area contributed by atoms with Crippen LogP contribution in [0.2, 0.25) is 0 Å². The van der Waals surface area contributed by atoms with E-state index in [4.69, 9.17) is 4.74 Å². The minimum Gasteiger partial charge on any atom is -0.481 e. The molecule has 3 rings (SSSR count). The van der Waals surface area contributed by atoms with E-state index in [1.165, 1.54) is 5.56 Å². The van der Waals surface area contributed by atoms with Crippen molar-refractivity contribution < 1.29 is 14.6 Å². The van der Waals surface area contributed by atoms with Crippen molar-refractivity contribution in [3.8, 4) is 0 Å². The summed E-state index contributed by atoms with van der Waals surface area (Å²) in [5.41, 5.74) is 1.61. The van der Waals surface area contributed by atoms with Crippen molar-refractivity contribution in [2.24, 2.45) is 11.3 Å². The third kappa shape index (κ3) is 2.68. The molecule has 2 saturated heterocycles. The highest BCUT2D eigenvalue weighted by molar-refractivity contribution is 5.76. The highest BCUT2D eigenvalue weighted by Crippen LogP contribution is 2.42. The van der Waals surface area contributed by atoms with E-state index in [2.05, 4.69) is 22.9 Å². The van der Waals surface area contributed by atoms with Gasteiger partial charge in [-0.3, -0.25) is 14.7 Å². The number of fused-ring (bicyclic) bond motifs is 1. The molecule has 2 fully saturated rings. The van der Waals surface area contributed by atoms with Gasteiger partial charge in [-0.25, -0.2) is 0 Å². The van der Waals surface area contributed by atoms with Gasteiger partial charge in [-0.05, 0) is 24.5 Å². The third-order valence-electron chi connectivity index (χ3n) is 4.88. The van der Waals surface area contributed by atoms with Gasteiger partial charge in [0.15, 0.2) is 0 Å². The number of nitrogens with zero attached hydrogens (tertiary/aromatic N) is 2. The Balaban J connectivity index is 1.71. The molecule has 0 spiro atoms. The van der Waals surface area contributed by atoms with Gasteiger partial charge in [-0.2, -0.15) is 0 Å². The van der Waals surface area contributed by atoms with E-state index < -0.39 is 11.4 Å². The fourth-order valence-electron chi connectivity index (χ4n) is 3.51. The number of rotatable bonds is 4. The summed E-state index contributed by atoms with van der Waals surface area (Å²) in [4.78, 5) is 18.4. The molecule has 5 nitrogen and oxygen atoms in total. The lowest BCUT2D eigenvalue weighted by Crippen LogP contribution is -2.44. The van der Waals surface area contributed by atoms with Crippen LogP contribution in [0.4, 0.5) is 0 Å². The second kappa shape index (κ2) is 5.73. The van der Waals surface area contributed by atoms with E-state index in [0.717, 1.165) is 25.2 Å². The van der Waals surface area contributed by atoms with Crippen molar-refractivity contribution in [1.29, 1.82) is 0 Å². The first-order chi connectivity index (χ1) is 10.1. The normalized spacial score (nSPS) is 29.3. The van der Waals surface area contributed by atoms with Gasteiger partial charge < -0.3 is 9.84 Å². The average molecular weight is 290 g/mol. The Kier molecular flexibility index (Phi) is 3.95. The van der Waals surface area contributed by atoms with Crippen LogP contribution in [0.3, 0.4) is 0 Å². The van der Waals surface area contributed by atoms with Crippen LogP contribution in [-0.4, -0.2) is 47.3 Å². The summed E-state index contributed by atoms with van der Waals surface area (Å²) in [5, 5.41) is 9.65. The highest BCUT2D eigenvalue weighted by atomic mass is 16.5. The number of likely N-dealkylation sites (tertiary alicyclic amines) is 1. The Labute approximate surface area is 124 Å². The van der Waals surface area contributed by atoms with Crippen LogP contribution in [0.25, 0.3) is 0 Å².